The van der Waals surface area contributed by atoms with Gasteiger partial charge in [0.1, 0.15) is 0 Å². The Bertz CT molecular complexity index is 297. The standard InChI is InChI=1S/C13H19NO/c15-12-7-8-14-11(9-12)6-5-10-3-1-2-4-13(10)14/h7-8,10-11,13H,1-6,9H2. The van der Waals surface area contributed by atoms with Gasteiger partial charge >= 0.3 is 0 Å². The Hall–Kier alpha value is -0.790. The van der Waals surface area contributed by atoms with Crippen molar-refractivity contribution < 1.29 is 4.79 Å². The molecule has 2 fully saturated rings. The summed E-state index contributed by atoms with van der Waals surface area (Å²) in [7, 11) is 0. The van der Waals surface area contributed by atoms with Gasteiger partial charge in [-0.15, -0.1) is 0 Å². The molecule has 3 aliphatic rings. The van der Waals surface area contributed by atoms with Crippen LogP contribution < -0.4 is 0 Å². The lowest BCUT2D eigenvalue weighted by Gasteiger charge is -2.49. The van der Waals surface area contributed by atoms with Gasteiger partial charge in [-0.25, -0.2) is 0 Å². The van der Waals surface area contributed by atoms with E-state index in [9.17, 15) is 4.79 Å². The van der Waals surface area contributed by atoms with Crippen LogP contribution in [-0.4, -0.2) is 22.8 Å². The number of rotatable bonds is 0. The molecule has 0 bridgehead atoms. The maximum Gasteiger partial charge on any atom is 0.159 e. The molecule has 0 aromatic carbocycles. The molecule has 2 heteroatoms. The normalized spacial score (nSPS) is 39.9. The highest BCUT2D eigenvalue weighted by Crippen LogP contribution is 2.39. The summed E-state index contributed by atoms with van der Waals surface area (Å²) in [6.45, 7) is 0. The molecule has 1 saturated heterocycles. The Morgan fingerprint density at radius 2 is 2.00 bits per heavy atom. The first-order valence-electron chi connectivity index (χ1n) is 6.33. The van der Waals surface area contributed by atoms with Gasteiger partial charge in [0.25, 0.3) is 0 Å². The number of hydrogen-bond acceptors (Lipinski definition) is 2. The SMILES string of the molecule is O=C1C=CN2C(CCC3CCCCC32)C1. The van der Waals surface area contributed by atoms with Gasteiger partial charge in [0.2, 0.25) is 0 Å². The monoisotopic (exact) mass is 205 g/mol. The zero-order valence-electron chi connectivity index (χ0n) is 9.19. The number of piperidine rings is 1. The second-order valence-corrected chi connectivity index (χ2v) is 5.28. The summed E-state index contributed by atoms with van der Waals surface area (Å²) in [5, 5.41) is 0. The third-order valence-corrected chi connectivity index (χ3v) is 4.41. The number of carbonyl (C=O) groups excluding carboxylic acids is 1. The van der Waals surface area contributed by atoms with E-state index in [1.165, 1.54) is 38.5 Å². The maximum atomic E-state index is 11.4. The van der Waals surface area contributed by atoms with Crippen LogP contribution in [0, 0.1) is 5.92 Å². The van der Waals surface area contributed by atoms with Crippen LogP contribution in [-0.2, 0) is 4.79 Å². The zero-order chi connectivity index (χ0) is 10.3. The Balaban J connectivity index is 1.82. The van der Waals surface area contributed by atoms with Gasteiger partial charge in [-0.05, 0) is 37.7 Å². The first kappa shape index (κ1) is 9.44. The molecule has 3 atom stereocenters. The number of ketones is 1. The molecule has 0 N–H and O–H groups in total. The van der Waals surface area contributed by atoms with Crippen molar-refractivity contribution in [2.75, 3.05) is 0 Å². The molecule has 82 valence electrons. The highest BCUT2D eigenvalue weighted by molar-refractivity contribution is 5.90. The molecular weight excluding hydrogens is 186 g/mol. The lowest BCUT2D eigenvalue weighted by Crippen LogP contribution is -2.51. The molecule has 3 rings (SSSR count). The van der Waals surface area contributed by atoms with E-state index >= 15 is 0 Å². The summed E-state index contributed by atoms with van der Waals surface area (Å²) in [5.74, 6) is 1.23. The van der Waals surface area contributed by atoms with E-state index in [4.69, 9.17) is 0 Å². The summed E-state index contributed by atoms with van der Waals surface area (Å²) in [5.41, 5.74) is 0. The van der Waals surface area contributed by atoms with Crippen molar-refractivity contribution in [3.8, 4) is 0 Å². The number of carbonyl (C=O) groups is 1. The van der Waals surface area contributed by atoms with Crippen LogP contribution in [0.4, 0.5) is 0 Å². The zero-order valence-corrected chi connectivity index (χ0v) is 9.19. The Labute approximate surface area is 91.3 Å². The predicted molar refractivity (Wildman–Crippen MR) is 59.4 cm³/mol. The van der Waals surface area contributed by atoms with Crippen molar-refractivity contribution in [1.82, 2.24) is 4.90 Å². The quantitative estimate of drug-likeness (QED) is 0.605. The van der Waals surface area contributed by atoms with E-state index in [-0.39, 0.29) is 0 Å². The summed E-state index contributed by atoms with van der Waals surface area (Å²) in [4.78, 5) is 13.9. The van der Waals surface area contributed by atoms with Crippen molar-refractivity contribution in [1.29, 1.82) is 0 Å². The maximum absolute atomic E-state index is 11.4. The number of allylic oxidation sites excluding steroid dienone is 1. The molecule has 15 heavy (non-hydrogen) atoms. The van der Waals surface area contributed by atoms with Crippen LogP contribution in [0.25, 0.3) is 0 Å². The largest absolute Gasteiger partial charge is 0.371 e. The average Bonchev–Trinajstić information content (AvgIpc) is 2.28. The smallest absolute Gasteiger partial charge is 0.159 e. The van der Waals surface area contributed by atoms with Crippen molar-refractivity contribution in [3.05, 3.63) is 12.3 Å². The predicted octanol–water partition coefficient (Wildman–Crippen LogP) is 2.50. The van der Waals surface area contributed by atoms with E-state index in [1.807, 2.05) is 0 Å². The first-order chi connectivity index (χ1) is 7.34. The Kier molecular flexibility index (Phi) is 2.30. The molecule has 2 heterocycles. The van der Waals surface area contributed by atoms with E-state index in [2.05, 4.69) is 11.1 Å². The fourth-order valence-electron chi connectivity index (χ4n) is 3.65. The molecular formula is C13H19NO. The highest BCUT2D eigenvalue weighted by atomic mass is 16.1. The minimum atomic E-state index is 0.325. The third kappa shape index (κ3) is 1.60. The number of hydrogen-bond donors (Lipinski definition) is 0. The van der Waals surface area contributed by atoms with Crippen LogP contribution in [0.2, 0.25) is 0 Å². The van der Waals surface area contributed by atoms with Gasteiger partial charge in [0, 0.05) is 24.7 Å². The van der Waals surface area contributed by atoms with Gasteiger partial charge in [-0.3, -0.25) is 4.79 Å². The molecule has 0 aromatic rings. The molecule has 3 unspecified atom stereocenters. The van der Waals surface area contributed by atoms with Gasteiger partial charge in [0.05, 0.1) is 0 Å². The lowest BCUT2D eigenvalue weighted by atomic mass is 9.75. The minimum Gasteiger partial charge on any atom is -0.371 e. The van der Waals surface area contributed by atoms with Crippen LogP contribution >= 0.6 is 0 Å². The van der Waals surface area contributed by atoms with Gasteiger partial charge in [-0.2, -0.15) is 0 Å². The second-order valence-electron chi connectivity index (χ2n) is 5.28. The van der Waals surface area contributed by atoms with Crippen molar-refractivity contribution in [3.63, 3.8) is 0 Å². The second kappa shape index (κ2) is 3.66. The van der Waals surface area contributed by atoms with Crippen molar-refractivity contribution in [2.45, 2.75) is 57.0 Å². The van der Waals surface area contributed by atoms with Crippen LogP contribution in [0.15, 0.2) is 12.3 Å². The van der Waals surface area contributed by atoms with Crippen LogP contribution in [0.5, 0.6) is 0 Å². The van der Waals surface area contributed by atoms with Gasteiger partial charge in [-0.1, -0.05) is 12.8 Å². The fraction of sp³-hybridized carbons (Fsp3) is 0.769. The minimum absolute atomic E-state index is 0.325. The molecule has 0 radical (unpaired) electrons. The molecule has 2 aliphatic heterocycles. The molecule has 1 saturated carbocycles. The Morgan fingerprint density at radius 3 is 2.93 bits per heavy atom. The summed E-state index contributed by atoms with van der Waals surface area (Å²) in [6.07, 6.45) is 12.8. The van der Waals surface area contributed by atoms with Crippen molar-refractivity contribution in [2.24, 2.45) is 5.92 Å². The summed E-state index contributed by atoms with van der Waals surface area (Å²) in [6, 6.07) is 1.28. The third-order valence-electron chi connectivity index (χ3n) is 4.41. The van der Waals surface area contributed by atoms with E-state index in [0.29, 0.717) is 11.8 Å². The fourth-order valence-corrected chi connectivity index (χ4v) is 3.65. The highest BCUT2D eigenvalue weighted by Gasteiger charge is 2.38. The summed E-state index contributed by atoms with van der Waals surface area (Å²) < 4.78 is 0. The topological polar surface area (TPSA) is 20.3 Å². The number of nitrogens with zero attached hydrogens (tertiary/aromatic N) is 1. The van der Waals surface area contributed by atoms with E-state index in [0.717, 1.165) is 18.4 Å². The van der Waals surface area contributed by atoms with Gasteiger partial charge in [0.15, 0.2) is 5.78 Å². The molecule has 0 spiro atoms. The summed E-state index contributed by atoms with van der Waals surface area (Å²) >= 11 is 0. The molecule has 1 aliphatic carbocycles. The van der Waals surface area contributed by atoms with Gasteiger partial charge < -0.3 is 4.90 Å². The average molecular weight is 205 g/mol. The van der Waals surface area contributed by atoms with Crippen LogP contribution in [0.1, 0.15) is 44.9 Å². The van der Waals surface area contributed by atoms with Crippen LogP contribution in [0.3, 0.4) is 0 Å². The molecule has 0 aromatic heterocycles. The number of fused-ring (bicyclic) bond motifs is 3. The van der Waals surface area contributed by atoms with E-state index < -0.39 is 0 Å². The first-order valence-corrected chi connectivity index (χ1v) is 6.33. The van der Waals surface area contributed by atoms with E-state index in [1.54, 1.807) is 6.08 Å². The Morgan fingerprint density at radius 1 is 1.13 bits per heavy atom. The molecule has 2 nitrogen and oxygen atoms in total. The molecule has 0 amide bonds. The lowest BCUT2D eigenvalue weighted by molar-refractivity contribution is -0.117. The van der Waals surface area contributed by atoms with Crippen molar-refractivity contribution >= 4 is 5.78 Å².